The summed E-state index contributed by atoms with van der Waals surface area (Å²) in [5.74, 6) is -0.545. The van der Waals surface area contributed by atoms with Crippen LogP contribution in [-0.2, 0) is 9.53 Å². The highest BCUT2D eigenvalue weighted by atomic mass is 16.5. The molecule has 0 aliphatic carbocycles. The Bertz CT molecular complexity index is 287. The number of rotatable bonds is 7. The number of nitrogens with one attached hydrogen (secondary N) is 2. The molecule has 0 saturated carbocycles. The van der Waals surface area contributed by atoms with E-state index in [1.54, 1.807) is 13.8 Å². The molecule has 0 rings (SSSR count). The van der Waals surface area contributed by atoms with Gasteiger partial charge in [-0.05, 0) is 13.3 Å². The van der Waals surface area contributed by atoms with Gasteiger partial charge in [0.2, 0.25) is 0 Å². The van der Waals surface area contributed by atoms with E-state index in [1.165, 1.54) is 0 Å². The highest BCUT2D eigenvalue weighted by Crippen LogP contribution is 2.05. The average Bonchev–Trinajstić information content (AvgIpc) is 2.26. The number of esters is 1. The van der Waals surface area contributed by atoms with E-state index in [9.17, 15) is 4.79 Å². The van der Waals surface area contributed by atoms with Crippen LogP contribution in [0.15, 0.2) is 11.4 Å². The molecule has 0 aromatic carbocycles. The fourth-order valence-electron chi connectivity index (χ4n) is 1.05. The maximum Gasteiger partial charge on any atom is 0.343 e. The van der Waals surface area contributed by atoms with Crippen LogP contribution in [0.2, 0.25) is 0 Å². The molecule has 0 aliphatic heterocycles. The predicted octanol–water partition coefficient (Wildman–Crippen LogP) is -0.269. The second kappa shape index (κ2) is 7.70. The summed E-state index contributed by atoms with van der Waals surface area (Å²) in [7, 11) is 0. The zero-order valence-corrected chi connectivity index (χ0v) is 9.67. The Morgan fingerprint density at radius 3 is 2.56 bits per heavy atom. The number of aliphatic hydroxyl groups excluding tert-OH is 1. The summed E-state index contributed by atoms with van der Waals surface area (Å²) in [6, 6.07) is 0. The first-order valence-corrected chi connectivity index (χ1v) is 5.17. The fraction of sp³-hybridized carbons (Fsp3) is 0.600. The maximum atomic E-state index is 11.5. The van der Waals surface area contributed by atoms with E-state index in [2.05, 4.69) is 5.32 Å². The zero-order valence-electron chi connectivity index (χ0n) is 9.67. The summed E-state index contributed by atoms with van der Waals surface area (Å²) in [5.41, 5.74) is 5.78. The van der Waals surface area contributed by atoms with Gasteiger partial charge in [0.05, 0.1) is 13.2 Å². The molecule has 0 unspecified atom stereocenters. The monoisotopic (exact) mass is 229 g/mol. The molecule has 0 heterocycles. The van der Waals surface area contributed by atoms with Crippen molar-refractivity contribution in [3.63, 3.8) is 0 Å². The number of carbonyl (C=O) groups is 1. The zero-order chi connectivity index (χ0) is 12.6. The predicted molar refractivity (Wildman–Crippen MR) is 61.0 cm³/mol. The molecule has 6 nitrogen and oxygen atoms in total. The molecule has 0 spiro atoms. The number of aliphatic hydroxyl groups is 1. The highest BCUT2D eigenvalue weighted by Gasteiger charge is 2.18. The van der Waals surface area contributed by atoms with Crippen LogP contribution in [-0.4, -0.2) is 36.5 Å². The lowest BCUT2D eigenvalue weighted by molar-refractivity contribution is -0.137. The van der Waals surface area contributed by atoms with Gasteiger partial charge in [-0.15, -0.1) is 0 Å². The molecule has 0 amide bonds. The molecule has 0 fully saturated rings. The number of ether oxygens (including phenoxy) is 1. The van der Waals surface area contributed by atoms with E-state index in [0.29, 0.717) is 6.42 Å². The second-order valence-corrected chi connectivity index (χ2v) is 2.99. The quantitative estimate of drug-likeness (QED) is 0.273. The van der Waals surface area contributed by atoms with Gasteiger partial charge in [-0.2, -0.15) is 0 Å². The third kappa shape index (κ3) is 4.31. The van der Waals surface area contributed by atoms with Gasteiger partial charge < -0.3 is 26.3 Å². The summed E-state index contributed by atoms with van der Waals surface area (Å²) in [6.45, 7) is 3.79. The lowest BCUT2D eigenvalue weighted by Gasteiger charge is -2.12. The molecule has 6 heteroatoms. The molecular weight excluding hydrogens is 210 g/mol. The van der Waals surface area contributed by atoms with E-state index in [-0.39, 0.29) is 36.9 Å². The normalized spacial score (nSPS) is 11.7. The van der Waals surface area contributed by atoms with Gasteiger partial charge in [0.25, 0.3) is 0 Å². The largest absolute Gasteiger partial charge is 0.462 e. The number of carbonyl (C=O) groups excluding carboxylic acids is 1. The molecule has 0 saturated heterocycles. The van der Waals surface area contributed by atoms with E-state index < -0.39 is 5.97 Å². The summed E-state index contributed by atoms with van der Waals surface area (Å²) in [6.07, 6.45) is 0.385. The van der Waals surface area contributed by atoms with Crippen LogP contribution in [0.4, 0.5) is 0 Å². The van der Waals surface area contributed by atoms with Crippen molar-refractivity contribution in [1.29, 1.82) is 5.41 Å². The van der Waals surface area contributed by atoms with Crippen LogP contribution in [0.5, 0.6) is 0 Å². The topological polar surface area (TPSA) is 108 Å². The van der Waals surface area contributed by atoms with Crippen molar-refractivity contribution in [2.45, 2.75) is 20.3 Å². The molecule has 0 atom stereocenters. The standard InChI is InChI=1S/C10H19N3O3/c1-3-7(11)8(10(15)16-4-2)9(12)13-5-6-14/h11,13-14H,3-6,12H2,1-2H3/b9-8+,11-7?. The molecular formula is C10H19N3O3. The SMILES string of the molecule is CCOC(=O)/C(C(=N)CC)=C(\N)NCCO. The van der Waals surface area contributed by atoms with Crippen molar-refractivity contribution in [1.82, 2.24) is 5.32 Å². The Hall–Kier alpha value is -1.56. The molecule has 0 bridgehead atoms. The van der Waals surface area contributed by atoms with E-state index in [1.807, 2.05) is 0 Å². The van der Waals surface area contributed by atoms with Crippen LogP contribution in [0.1, 0.15) is 20.3 Å². The minimum atomic E-state index is -0.614. The van der Waals surface area contributed by atoms with Crippen molar-refractivity contribution in [3.05, 3.63) is 11.4 Å². The van der Waals surface area contributed by atoms with E-state index in [4.69, 9.17) is 21.0 Å². The Balaban J connectivity index is 4.90. The average molecular weight is 229 g/mol. The molecule has 5 N–H and O–H groups in total. The number of nitrogens with two attached hydrogens (primary N) is 1. The summed E-state index contributed by atoms with van der Waals surface area (Å²) < 4.78 is 4.81. The Morgan fingerprint density at radius 1 is 1.50 bits per heavy atom. The summed E-state index contributed by atoms with van der Waals surface area (Å²) in [4.78, 5) is 11.5. The highest BCUT2D eigenvalue weighted by molar-refractivity contribution is 6.18. The van der Waals surface area contributed by atoms with Gasteiger partial charge in [-0.1, -0.05) is 6.92 Å². The van der Waals surface area contributed by atoms with Gasteiger partial charge in [-0.3, -0.25) is 0 Å². The first-order valence-electron chi connectivity index (χ1n) is 5.17. The molecule has 92 valence electrons. The van der Waals surface area contributed by atoms with Gasteiger partial charge in [-0.25, -0.2) is 4.79 Å². The first kappa shape index (κ1) is 14.4. The second-order valence-electron chi connectivity index (χ2n) is 2.99. The van der Waals surface area contributed by atoms with Crippen molar-refractivity contribution < 1.29 is 14.6 Å². The fourth-order valence-corrected chi connectivity index (χ4v) is 1.05. The van der Waals surface area contributed by atoms with Crippen molar-refractivity contribution in [3.8, 4) is 0 Å². The Kier molecular flexibility index (Phi) is 6.95. The Morgan fingerprint density at radius 2 is 2.12 bits per heavy atom. The third-order valence-electron chi connectivity index (χ3n) is 1.83. The van der Waals surface area contributed by atoms with Crippen LogP contribution < -0.4 is 11.1 Å². The van der Waals surface area contributed by atoms with Crippen molar-refractivity contribution in [2.24, 2.45) is 5.73 Å². The summed E-state index contributed by atoms with van der Waals surface area (Å²) >= 11 is 0. The lowest BCUT2D eigenvalue weighted by Crippen LogP contribution is -2.30. The molecule has 16 heavy (non-hydrogen) atoms. The van der Waals surface area contributed by atoms with Gasteiger partial charge >= 0.3 is 5.97 Å². The first-order chi connectivity index (χ1) is 7.58. The molecule has 0 aromatic rings. The molecule has 0 aromatic heterocycles. The van der Waals surface area contributed by atoms with Crippen LogP contribution in [0.25, 0.3) is 0 Å². The summed E-state index contributed by atoms with van der Waals surface area (Å²) in [5, 5.41) is 18.9. The smallest absolute Gasteiger partial charge is 0.343 e. The van der Waals surface area contributed by atoms with Gasteiger partial charge in [0.15, 0.2) is 0 Å². The van der Waals surface area contributed by atoms with E-state index >= 15 is 0 Å². The molecule has 0 aliphatic rings. The maximum absolute atomic E-state index is 11.5. The number of hydrogen-bond donors (Lipinski definition) is 4. The van der Waals surface area contributed by atoms with Gasteiger partial charge in [0.1, 0.15) is 11.4 Å². The van der Waals surface area contributed by atoms with Crippen molar-refractivity contribution in [2.75, 3.05) is 19.8 Å². The number of hydrogen-bond acceptors (Lipinski definition) is 6. The Labute approximate surface area is 95.0 Å². The van der Waals surface area contributed by atoms with Crippen LogP contribution in [0, 0.1) is 5.41 Å². The van der Waals surface area contributed by atoms with Crippen LogP contribution >= 0.6 is 0 Å². The third-order valence-corrected chi connectivity index (χ3v) is 1.83. The van der Waals surface area contributed by atoms with E-state index in [0.717, 1.165) is 0 Å². The van der Waals surface area contributed by atoms with Crippen LogP contribution in [0.3, 0.4) is 0 Å². The minimum Gasteiger partial charge on any atom is -0.462 e. The lowest BCUT2D eigenvalue weighted by atomic mass is 10.1. The van der Waals surface area contributed by atoms with Crippen molar-refractivity contribution >= 4 is 11.7 Å². The van der Waals surface area contributed by atoms with Gasteiger partial charge in [0, 0.05) is 12.3 Å². The minimum absolute atomic E-state index is 0.0396. The molecule has 0 radical (unpaired) electrons.